The molecule has 3 rings (SSSR count). The zero-order valence-corrected chi connectivity index (χ0v) is 11.9. The van der Waals surface area contributed by atoms with Gasteiger partial charge in [-0.3, -0.25) is 0 Å². The molecule has 0 saturated heterocycles. The van der Waals surface area contributed by atoms with Crippen LogP contribution in [0, 0.1) is 0 Å². The summed E-state index contributed by atoms with van der Waals surface area (Å²) in [6.07, 6.45) is 6.68. The first-order valence-corrected chi connectivity index (χ1v) is 7.14. The standard InChI is InChI=1S/C15H18ClN3/c1-19-14(16)9-18-15(19)10-17-13-8-4-6-11-5-2-3-7-12(11)13/h4,6,8-9,17H,2-3,5,7,10H2,1H3. The number of nitrogens with one attached hydrogen (secondary N) is 1. The van der Waals surface area contributed by atoms with Gasteiger partial charge in [-0.1, -0.05) is 23.7 Å². The Morgan fingerprint density at radius 3 is 2.95 bits per heavy atom. The van der Waals surface area contributed by atoms with Gasteiger partial charge in [-0.15, -0.1) is 0 Å². The maximum Gasteiger partial charge on any atom is 0.128 e. The average Bonchev–Trinajstić information content (AvgIpc) is 2.76. The molecule has 1 aliphatic carbocycles. The minimum atomic E-state index is 0.673. The lowest BCUT2D eigenvalue weighted by molar-refractivity contribution is 0.685. The minimum absolute atomic E-state index is 0.673. The van der Waals surface area contributed by atoms with Crippen molar-refractivity contribution in [2.45, 2.75) is 32.2 Å². The monoisotopic (exact) mass is 275 g/mol. The third-order valence-corrected chi connectivity index (χ3v) is 4.21. The number of imidazole rings is 1. The number of aryl methyl sites for hydroxylation is 1. The third-order valence-electron chi connectivity index (χ3n) is 3.86. The van der Waals surface area contributed by atoms with Crippen molar-refractivity contribution in [1.82, 2.24) is 9.55 Å². The van der Waals surface area contributed by atoms with Crippen LogP contribution < -0.4 is 5.32 Å². The number of fused-ring (bicyclic) bond motifs is 1. The van der Waals surface area contributed by atoms with Gasteiger partial charge in [0.2, 0.25) is 0 Å². The van der Waals surface area contributed by atoms with Crippen LogP contribution in [0.4, 0.5) is 5.69 Å². The topological polar surface area (TPSA) is 29.9 Å². The molecule has 1 aliphatic rings. The van der Waals surface area contributed by atoms with Crippen LogP contribution in [0.1, 0.15) is 29.8 Å². The Kier molecular flexibility index (Phi) is 3.47. The molecule has 0 aliphatic heterocycles. The Bertz CT molecular complexity index is 589. The van der Waals surface area contributed by atoms with Gasteiger partial charge in [0, 0.05) is 12.7 Å². The van der Waals surface area contributed by atoms with Gasteiger partial charge in [-0.2, -0.15) is 0 Å². The van der Waals surface area contributed by atoms with Crippen LogP contribution in [-0.2, 0) is 26.4 Å². The summed E-state index contributed by atoms with van der Waals surface area (Å²) in [5.74, 6) is 0.957. The minimum Gasteiger partial charge on any atom is -0.378 e. The first-order chi connectivity index (χ1) is 9.25. The molecule has 4 heteroatoms. The molecule has 1 aromatic heterocycles. The van der Waals surface area contributed by atoms with Crippen molar-refractivity contribution >= 4 is 17.3 Å². The molecule has 100 valence electrons. The number of rotatable bonds is 3. The van der Waals surface area contributed by atoms with Crippen LogP contribution in [-0.4, -0.2) is 9.55 Å². The number of aromatic nitrogens is 2. The second-order valence-corrected chi connectivity index (χ2v) is 5.45. The van der Waals surface area contributed by atoms with Crippen molar-refractivity contribution in [3.05, 3.63) is 46.5 Å². The highest BCUT2D eigenvalue weighted by molar-refractivity contribution is 6.29. The molecule has 1 heterocycles. The Labute approximate surface area is 118 Å². The Morgan fingerprint density at radius 1 is 1.32 bits per heavy atom. The summed E-state index contributed by atoms with van der Waals surface area (Å²) in [6.45, 7) is 0.708. The van der Waals surface area contributed by atoms with Crippen molar-refractivity contribution in [1.29, 1.82) is 0 Å². The van der Waals surface area contributed by atoms with E-state index < -0.39 is 0 Å². The molecule has 0 fully saturated rings. The number of hydrogen-bond acceptors (Lipinski definition) is 2. The lowest BCUT2D eigenvalue weighted by atomic mass is 9.90. The number of hydrogen-bond donors (Lipinski definition) is 1. The van der Waals surface area contributed by atoms with Crippen LogP contribution in [0.2, 0.25) is 5.15 Å². The van der Waals surface area contributed by atoms with Gasteiger partial charge >= 0.3 is 0 Å². The Hall–Kier alpha value is -1.48. The van der Waals surface area contributed by atoms with Gasteiger partial charge in [-0.05, 0) is 42.9 Å². The SMILES string of the molecule is Cn1c(Cl)cnc1CNc1cccc2c1CCCC2. The van der Waals surface area contributed by atoms with E-state index in [0.29, 0.717) is 11.7 Å². The third kappa shape index (κ3) is 2.47. The Balaban J connectivity index is 1.79. The smallest absolute Gasteiger partial charge is 0.128 e. The van der Waals surface area contributed by atoms with E-state index in [1.54, 1.807) is 6.20 Å². The highest BCUT2D eigenvalue weighted by Gasteiger charge is 2.13. The van der Waals surface area contributed by atoms with Crippen molar-refractivity contribution in [3.8, 4) is 0 Å². The molecule has 0 bridgehead atoms. The quantitative estimate of drug-likeness (QED) is 0.928. The van der Waals surface area contributed by atoms with Crippen molar-refractivity contribution in [2.75, 3.05) is 5.32 Å². The van der Waals surface area contributed by atoms with E-state index in [0.717, 1.165) is 5.82 Å². The maximum atomic E-state index is 6.00. The highest BCUT2D eigenvalue weighted by atomic mass is 35.5. The zero-order valence-electron chi connectivity index (χ0n) is 11.1. The van der Waals surface area contributed by atoms with Crippen LogP contribution >= 0.6 is 11.6 Å². The number of nitrogens with zero attached hydrogens (tertiary/aromatic N) is 2. The lowest BCUT2D eigenvalue weighted by Crippen LogP contribution is -2.10. The van der Waals surface area contributed by atoms with Crippen molar-refractivity contribution in [3.63, 3.8) is 0 Å². The van der Waals surface area contributed by atoms with E-state index in [4.69, 9.17) is 11.6 Å². The molecule has 0 saturated carbocycles. The maximum absolute atomic E-state index is 6.00. The summed E-state index contributed by atoms with van der Waals surface area (Å²) in [7, 11) is 1.94. The second kappa shape index (κ2) is 5.25. The molecule has 0 unspecified atom stereocenters. The highest BCUT2D eigenvalue weighted by Crippen LogP contribution is 2.28. The fourth-order valence-corrected chi connectivity index (χ4v) is 2.86. The van der Waals surface area contributed by atoms with Crippen LogP contribution in [0.3, 0.4) is 0 Å². The molecule has 0 amide bonds. The van der Waals surface area contributed by atoms with Crippen LogP contribution in [0.15, 0.2) is 24.4 Å². The summed E-state index contributed by atoms with van der Waals surface area (Å²) in [5, 5.41) is 4.17. The van der Waals surface area contributed by atoms with Gasteiger partial charge in [0.15, 0.2) is 0 Å². The van der Waals surface area contributed by atoms with Gasteiger partial charge in [0.25, 0.3) is 0 Å². The largest absolute Gasteiger partial charge is 0.378 e. The molecule has 1 N–H and O–H groups in total. The van der Waals surface area contributed by atoms with Crippen LogP contribution in [0.25, 0.3) is 0 Å². The fourth-order valence-electron chi connectivity index (χ4n) is 2.71. The molecule has 3 nitrogen and oxygen atoms in total. The van der Waals surface area contributed by atoms with E-state index >= 15 is 0 Å². The second-order valence-electron chi connectivity index (χ2n) is 5.06. The predicted molar refractivity (Wildman–Crippen MR) is 78.6 cm³/mol. The van der Waals surface area contributed by atoms with E-state index in [2.05, 4.69) is 28.5 Å². The van der Waals surface area contributed by atoms with E-state index in [1.807, 2.05) is 11.6 Å². The van der Waals surface area contributed by atoms with E-state index in [9.17, 15) is 0 Å². The van der Waals surface area contributed by atoms with E-state index in [1.165, 1.54) is 42.5 Å². The number of benzene rings is 1. The van der Waals surface area contributed by atoms with Gasteiger partial charge in [-0.25, -0.2) is 4.98 Å². The molecule has 0 radical (unpaired) electrons. The summed E-state index contributed by atoms with van der Waals surface area (Å²) in [5.41, 5.74) is 4.22. The normalized spacial score (nSPS) is 14.2. The van der Waals surface area contributed by atoms with E-state index in [-0.39, 0.29) is 0 Å². The molecule has 0 atom stereocenters. The molecule has 2 aromatic rings. The van der Waals surface area contributed by atoms with Gasteiger partial charge in [0.1, 0.15) is 11.0 Å². The molecular weight excluding hydrogens is 258 g/mol. The predicted octanol–water partition coefficient (Wildman–Crippen LogP) is 3.56. The first kappa shape index (κ1) is 12.5. The summed E-state index contributed by atoms with van der Waals surface area (Å²) in [6, 6.07) is 6.55. The van der Waals surface area contributed by atoms with Gasteiger partial charge < -0.3 is 9.88 Å². The van der Waals surface area contributed by atoms with Gasteiger partial charge in [0.05, 0.1) is 12.7 Å². The Morgan fingerprint density at radius 2 is 2.16 bits per heavy atom. The average molecular weight is 276 g/mol. The lowest BCUT2D eigenvalue weighted by Gasteiger charge is -2.20. The molecular formula is C15H18ClN3. The van der Waals surface area contributed by atoms with Crippen molar-refractivity contribution < 1.29 is 0 Å². The fraction of sp³-hybridized carbons (Fsp3) is 0.400. The van der Waals surface area contributed by atoms with Crippen LogP contribution in [0.5, 0.6) is 0 Å². The molecule has 1 aromatic carbocycles. The van der Waals surface area contributed by atoms with Crippen molar-refractivity contribution in [2.24, 2.45) is 7.05 Å². The summed E-state index contributed by atoms with van der Waals surface area (Å²) >= 11 is 6.00. The summed E-state index contributed by atoms with van der Waals surface area (Å²) in [4.78, 5) is 4.31. The first-order valence-electron chi connectivity index (χ1n) is 6.76. The number of halogens is 1. The number of anilines is 1. The zero-order chi connectivity index (χ0) is 13.2. The molecule has 19 heavy (non-hydrogen) atoms. The molecule has 0 spiro atoms. The summed E-state index contributed by atoms with van der Waals surface area (Å²) < 4.78 is 1.91.